The van der Waals surface area contributed by atoms with E-state index in [9.17, 15) is 23.6 Å². The van der Waals surface area contributed by atoms with Crippen molar-refractivity contribution < 1.29 is 33.4 Å². The van der Waals surface area contributed by atoms with Crippen LogP contribution in [0.2, 0.25) is 0 Å². The molecular formula is C20H17FN6O6. The molecule has 12 nitrogen and oxygen atoms in total. The van der Waals surface area contributed by atoms with E-state index in [1.807, 2.05) is 0 Å². The van der Waals surface area contributed by atoms with Gasteiger partial charge in [-0.25, -0.2) is 13.9 Å². The van der Waals surface area contributed by atoms with Crippen LogP contribution in [-0.4, -0.2) is 56.0 Å². The number of hydrogen-bond donors (Lipinski definition) is 4. The van der Waals surface area contributed by atoms with E-state index in [0.717, 1.165) is 16.8 Å². The van der Waals surface area contributed by atoms with E-state index in [0.29, 0.717) is 17.0 Å². The number of carboxylic acids is 1. The molecule has 4 N–H and O–H groups in total. The fourth-order valence-electron chi connectivity index (χ4n) is 3.06. The molecule has 0 saturated carbocycles. The topological polar surface area (TPSA) is 164 Å². The van der Waals surface area contributed by atoms with Gasteiger partial charge in [0, 0.05) is 12.6 Å². The number of halogens is 1. The van der Waals surface area contributed by atoms with Gasteiger partial charge in [-0.3, -0.25) is 19.2 Å². The lowest BCUT2D eigenvalue weighted by atomic mass is 10.1. The van der Waals surface area contributed by atoms with E-state index in [-0.39, 0.29) is 36.1 Å². The van der Waals surface area contributed by atoms with Crippen molar-refractivity contribution in [2.75, 3.05) is 11.9 Å². The number of fused-ring (bicyclic) bond motifs is 2. The Morgan fingerprint density at radius 2 is 2.09 bits per heavy atom. The highest BCUT2D eigenvalue weighted by molar-refractivity contribution is 5.99. The smallest absolute Gasteiger partial charge is 0.325 e. The Kier molecular flexibility index (Phi) is 5.60. The SMILES string of the molecule is C[C@H](NC(=O)c1cc(C(=O)NCc2ccc3c(c2)NC(=O)CO3)nc2c(F)cnn12)C(=O)O. The molecule has 3 heterocycles. The van der Waals surface area contributed by atoms with Gasteiger partial charge in [0.05, 0.1) is 11.9 Å². The number of anilines is 1. The van der Waals surface area contributed by atoms with Crippen molar-refractivity contribution in [3.63, 3.8) is 0 Å². The lowest BCUT2D eigenvalue weighted by molar-refractivity contribution is -0.138. The number of ether oxygens (including phenoxy) is 1. The van der Waals surface area contributed by atoms with Crippen LogP contribution in [0.4, 0.5) is 10.1 Å². The standard InChI is InChI=1S/C20H17FN6O6/c1-9(20(31)32)24-19(30)14-5-13(26-17-11(21)7-23-27(14)17)18(29)22-6-10-2-3-15-12(4-10)25-16(28)8-33-15/h2-5,7,9H,6,8H2,1H3,(H,22,29)(H,24,30)(H,25,28)(H,31,32)/t9-/m0/s1. The van der Waals surface area contributed by atoms with Crippen LogP contribution < -0.4 is 20.7 Å². The van der Waals surface area contributed by atoms with Gasteiger partial charge in [-0.15, -0.1) is 0 Å². The summed E-state index contributed by atoms with van der Waals surface area (Å²) in [6, 6.07) is 4.82. The number of aliphatic carboxylic acids is 1. The van der Waals surface area contributed by atoms with Gasteiger partial charge in [-0.2, -0.15) is 5.10 Å². The minimum absolute atomic E-state index is 0.0359. The zero-order valence-corrected chi connectivity index (χ0v) is 17.1. The van der Waals surface area contributed by atoms with Gasteiger partial charge in [0.1, 0.15) is 23.2 Å². The molecular weight excluding hydrogens is 439 g/mol. The first-order valence-electron chi connectivity index (χ1n) is 9.64. The highest BCUT2D eigenvalue weighted by atomic mass is 19.1. The number of nitrogens with zero attached hydrogens (tertiary/aromatic N) is 3. The number of nitrogens with one attached hydrogen (secondary N) is 3. The van der Waals surface area contributed by atoms with Crippen molar-refractivity contribution in [2.24, 2.45) is 0 Å². The quantitative estimate of drug-likeness (QED) is 0.412. The lowest BCUT2D eigenvalue weighted by Crippen LogP contribution is -2.39. The van der Waals surface area contributed by atoms with E-state index in [1.54, 1.807) is 18.2 Å². The lowest BCUT2D eigenvalue weighted by Gasteiger charge is -2.18. The fraction of sp³-hybridized carbons (Fsp3) is 0.200. The van der Waals surface area contributed by atoms with Crippen LogP contribution in [0.3, 0.4) is 0 Å². The highest BCUT2D eigenvalue weighted by Gasteiger charge is 2.23. The fourth-order valence-corrected chi connectivity index (χ4v) is 3.06. The zero-order valence-electron chi connectivity index (χ0n) is 17.1. The van der Waals surface area contributed by atoms with Crippen LogP contribution in [0.1, 0.15) is 33.5 Å². The molecule has 0 saturated heterocycles. The molecule has 1 aliphatic heterocycles. The summed E-state index contributed by atoms with van der Waals surface area (Å²) in [5, 5.41) is 20.2. The van der Waals surface area contributed by atoms with Gasteiger partial charge < -0.3 is 25.8 Å². The van der Waals surface area contributed by atoms with E-state index in [2.05, 4.69) is 26.0 Å². The number of rotatable bonds is 6. The normalized spacial score (nSPS) is 13.5. The van der Waals surface area contributed by atoms with Gasteiger partial charge in [0.15, 0.2) is 18.1 Å². The third kappa shape index (κ3) is 4.42. The summed E-state index contributed by atoms with van der Waals surface area (Å²) in [4.78, 5) is 51.7. The largest absolute Gasteiger partial charge is 0.482 e. The third-order valence-electron chi connectivity index (χ3n) is 4.74. The van der Waals surface area contributed by atoms with Crippen LogP contribution >= 0.6 is 0 Å². The highest BCUT2D eigenvalue weighted by Crippen LogP contribution is 2.28. The Hall–Kier alpha value is -4.55. The van der Waals surface area contributed by atoms with E-state index in [1.165, 1.54) is 6.92 Å². The molecule has 3 aromatic rings. The van der Waals surface area contributed by atoms with Crippen molar-refractivity contribution in [1.82, 2.24) is 25.2 Å². The van der Waals surface area contributed by atoms with Crippen LogP contribution in [0.25, 0.3) is 5.65 Å². The molecule has 0 fully saturated rings. The van der Waals surface area contributed by atoms with Crippen LogP contribution in [0.5, 0.6) is 5.75 Å². The van der Waals surface area contributed by atoms with Gasteiger partial charge in [0.25, 0.3) is 17.7 Å². The Morgan fingerprint density at radius 3 is 2.85 bits per heavy atom. The third-order valence-corrected chi connectivity index (χ3v) is 4.74. The zero-order chi connectivity index (χ0) is 23.7. The van der Waals surface area contributed by atoms with Crippen molar-refractivity contribution in [2.45, 2.75) is 19.5 Å². The Bertz CT molecular complexity index is 1310. The molecule has 0 spiro atoms. The second kappa shape index (κ2) is 8.53. The number of carbonyl (C=O) groups excluding carboxylic acids is 3. The average molecular weight is 456 g/mol. The van der Waals surface area contributed by atoms with E-state index in [4.69, 9.17) is 9.84 Å². The predicted molar refractivity (Wildman–Crippen MR) is 109 cm³/mol. The molecule has 1 atom stereocenters. The summed E-state index contributed by atoms with van der Waals surface area (Å²) in [6.07, 6.45) is 0.824. The van der Waals surface area contributed by atoms with Gasteiger partial charge in [-0.05, 0) is 24.6 Å². The van der Waals surface area contributed by atoms with Gasteiger partial charge in [-0.1, -0.05) is 6.07 Å². The summed E-state index contributed by atoms with van der Waals surface area (Å²) in [5.74, 6) is -3.53. The average Bonchev–Trinajstić information content (AvgIpc) is 3.17. The molecule has 3 amide bonds. The first-order valence-corrected chi connectivity index (χ1v) is 9.64. The molecule has 4 rings (SSSR count). The minimum Gasteiger partial charge on any atom is -0.482 e. The Labute approximate surface area is 184 Å². The molecule has 0 aliphatic carbocycles. The molecule has 13 heteroatoms. The summed E-state index contributed by atoms with van der Waals surface area (Å²) >= 11 is 0. The molecule has 1 aromatic carbocycles. The Balaban J connectivity index is 1.56. The number of aromatic nitrogens is 3. The second-order valence-electron chi connectivity index (χ2n) is 7.14. The van der Waals surface area contributed by atoms with Crippen LogP contribution in [0, 0.1) is 5.82 Å². The van der Waals surface area contributed by atoms with Gasteiger partial charge in [0.2, 0.25) is 0 Å². The van der Waals surface area contributed by atoms with Crippen molar-refractivity contribution >= 4 is 35.0 Å². The van der Waals surface area contributed by atoms with Crippen LogP contribution in [-0.2, 0) is 16.1 Å². The summed E-state index contributed by atoms with van der Waals surface area (Å²) in [7, 11) is 0. The summed E-state index contributed by atoms with van der Waals surface area (Å²) in [5.41, 5.74) is 0.188. The first kappa shape index (κ1) is 21.7. The molecule has 1 aliphatic rings. The second-order valence-corrected chi connectivity index (χ2v) is 7.14. The van der Waals surface area contributed by atoms with E-state index < -0.39 is 29.6 Å². The monoisotopic (exact) mass is 456 g/mol. The predicted octanol–water partition coefficient (Wildman–Crippen LogP) is 0.332. The molecule has 33 heavy (non-hydrogen) atoms. The van der Waals surface area contributed by atoms with E-state index >= 15 is 0 Å². The van der Waals surface area contributed by atoms with Crippen molar-refractivity contribution in [3.8, 4) is 5.75 Å². The van der Waals surface area contributed by atoms with Crippen molar-refractivity contribution in [3.05, 3.63) is 53.2 Å². The maximum Gasteiger partial charge on any atom is 0.325 e. The maximum atomic E-state index is 14.1. The number of carbonyl (C=O) groups is 4. The van der Waals surface area contributed by atoms with Crippen molar-refractivity contribution in [1.29, 1.82) is 0 Å². The minimum atomic E-state index is -1.27. The number of benzene rings is 1. The number of amides is 3. The summed E-state index contributed by atoms with van der Waals surface area (Å²) in [6.45, 7) is 1.21. The molecule has 0 radical (unpaired) electrons. The first-order chi connectivity index (χ1) is 15.7. The Morgan fingerprint density at radius 1 is 1.30 bits per heavy atom. The molecule has 0 bridgehead atoms. The maximum absolute atomic E-state index is 14.1. The number of carboxylic acid groups (broad SMARTS) is 1. The molecule has 170 valence electrons. The molecule has 2 aromatic heterocycles. The molecule has 0 unspecified atom stereocenters. The summed E-state index contributed by atoms with van der Waals surface area (Å²) < 4.78 is 20.3. The number of hydrogen-bond acceptors (Lipinski definition) is 7. The van der Waals surface area contributed by atoms with Gasteiger partial charge >= 0.3 is 5.97 Å². The van der Waals surface area contributed by atoms with Crippen LogP contribution in [0.15, 0.2) is 30.5 Å².